The van der Waals surface area contributed by atoms with Gasteiger partial charge in [0.15, 0.2) is 5.78 Å². The van der Waals surface area contributed by atoms with Crippen molar-refractivity contribution in [3.8, 4) is 5.75 Å². The third-order valence-corrected chi connectivity index (χ3v) is 3.37. The van der Waals surface area contributed by atoms with E-state index in [0.717, 1.165) is 30.7 Å². The van der Waals surface area contributed by atoms with Crippen LogP contribution in [0.1, 0.15) is 35.7 Å². The molecule has 2 rings (SSSR count). The molecular formula is C17H21NO2. The summed E-state index contributed by atoms with van der Waals surface area (Å²) < 4.78 is 7.22. The number of carbonyl (C=O) groups is 1. The summed E-state index contributed by atoms with van der Waals surface area (Å²) in [5.74, 6) is 1.11. The van der Waals surface area contributed by atoms with E-state index < -0.39 is 0 Å². The molecule has 1 aromatic heterocycles. The number of rotatable bonds is 7. The fraction of sp³-hybridized carbons (Fsp3) is 0.353. The normalized spacial score (nSPS) is 10.5. The second-order valence-corrected chi connectivity index (χ2v) is 4.91. The third kappa shape index (κ3) is 3.73. The predicted octanol–water partition coefficient (Wildman–Crippen LogP) is 3.72. The molecule has 0 saturated heterocycles. The number of nitrogens with zero attached hydrogens (tertiary/aromatic N) is 1. The van der Waals surface area contributed by atoms with Crippen LogP contribution in [0.3, 0.4) is 0 Å². The molecule has 2 aromatic rings. The lowest BCUT2D eigenvalue weighted by Gasteiger charge is -2.05. The Morgan fingerprint density at radius 2 is 1.95 bits per heavy atom. The smallest absolute Gasteiger partial charge is 0.164 e. The van der Waals surface area contributed by atoms with Gasteiger partial charge in [0, 0.05) is 30.9 Å². The molecule has 0 aliphatic heterocycles. The molecule has 0 unspecified atom stereocenters. The van der Waals surface area contributed by atoms with E-state index in [0.29, 0.717) is 6.42 Å². The number of hydrogen-bond acceptors (Lipinski definition) is 2. The third-order valence-electron chi connectivity index (χ3n) is 3.37. The first-order chi connectivity index (χ1) is 9.72. The van der Waals surface area contributed by atoms with Gasteiger partial charge in [-0.05, 0) is 36.6 Å². The fourth-order valence-corrected chi connectivity index (χ4v) is 2.17. The van der Waals surface area contributed by atoms with Gasteiger partial charge in [0.1, 0.15) is 5.75 Å². The van der Waals surface area contributed by atoms with Gasteiger partial charge in [-0.2, -0.15) is 0 Å². The van der Waals surface area contributed by atoms with E-state index in [2.05, 4.69) is 16.7 Å². The molecule has 0 aliphatic rings. The van der Waals surface area contributed by atoms with Gasteiger partial charge in [0.2, 0.25) is 0 Å². The summed E-state index contributed by atoms with van der Waals surface area (Å²) in [5, 5.41) is 0. The van der Waals surface area contributed by atoms with Crippen molar-refractivity contribution in [2.75, 3.05) is 7.11 Å². The zero-order valence-corrected chi connectivity index (χ0v) is 12.1. The number of aryl methyl sites for hydroxylation is 2. The van der Waals surface area contributed by atoms with Crippen LogP contribution in [-0.2, 0) is 13.0 Å². The summed E-state index contributed by atoms with van der Waals surface area (Å²) in [4.78, 5) is 11.8. The molecule has 0 saturated carbocycles. The minimum absolute atomic E-state index is 0.232. The van der Waals surface area contributed by atoms with Crippen LogP contribution in [0.25, 0.3) is 0 Å². The summed E-state index contributed by atoms with van der Waals surface area (Å²) in [6.07, 6.45) is 6.40. The highest BCUT2D eigenvalue weighted by Crippen LogP contribution is 2.13. The first-order valence-corrected chi connectivity index (χ1v) is 7.05. The van der Waals surface area contributed by atoms with Crippen molar-refractivity contribution in [2.24, 2.45) is 0 Å². The van der Waals surface area contributed by atoms with E-state index >= 15 is 0 Å². The van der Waals surface area contributed by atoms with Crippen molar-refractivity contribution in [1.82, 2.24) is 4.57 Å². The Labute approximate surface area is 120 Å². The van der Waals surface area contributed by atoms with Gasteiger partial charge >= 0.3 is 0 Å². The quantitative estimate of drug-likeness (QED) is 0.719. The lowest BCUT2D eigenvalue weighted by atomic mass is 10.1. The molecule has 3 heteroatoms. The number of hydrogen-bond donors (Lipinski definition) is 0. The standard InChI is InChI=1S/C17H21NO2/c1-3-4-17(19)15-10-12-18(13-15)11-9-14-5-7-16(20-2)8-6-14/h5-8,10,12-13H,3-4,9,11H2,1-2H3. The molecule has 0 atom stereocenters. The lowest BCUT2D eigenvalue weighted by Crippen LogP contribution is -2.00. The van der Waals surface area contributed by atoms with Gasteiger partial charge in [-0.1, -0.05) is 19.1 Å². The van der Waals surface area contributed by atoms with Crippen molar-refractivity contribution >= 4 is 5.78 Å². The van der Waals surface area contributed by atoms with Crippen molar-refractivity contribution in [1.29, 1.82) is 0 Å². The number of aromatic nitrogens is 1. The molecule has 0 fully saturated rings. The molecule has 0 amide bonds. The maximum atomic E-state index is 11.8. The average molecular weight is 271 g/mol. The lowest BCUT2D eigenvalue weighted by molar-refractivity contribution is 0.0981. The minimum Gasteiger partial charge on any atom is -0.497 e. The molecule has 0 aliphatic carbocycles. The van der Waals surface area contributed by atoms with E-state index in [-0.39, 0.29) is 5.78 Å². The van der Waals surface area contributed by atoms with Crippen LogP contribution < -0.4 is 4.74 Å². The van der Waals surface area contributed by atoms with Crippen LogP contribution in [-0.4, -0.2) is 17.5 Å². The fourth-order valence-electron chi connectivity index (χ4n) is 2.17. The highest BCUT2D eigenvalue weighted by Gasteiger charge is 2.06. The van der Waals surface area contributed by atoms with E-state index in [4.69, 9.17) is 4.74 Å². The number of benzene rings is 1. The largest absolute Gasteiger partial charge is 0.497 e. The average Bonchev–Trinajstić information content (AvgIpc) is 2.95. The first kappa shape index (κ1) is 14.4. The molecule has 1 aromatic carbocycles. The van der Waals surface area contributed by atoms with Gasteiger partial charge < -0.3 is 9.30 Å². The van der Waals surface area contributed by atoms with Gasteiger partial charge in [-0.25, -0.2) is 0 Å². The summed E-state index contributed by atoms with van der Waals surface area (Å²) in [7, 11) is 1.67. The monoisotopic (exact) mass is 271 g/mol. The van der Waals surface area contributed by atoms with Crippen molar-refractivity contribution in [3.05, 3.63) is 53.9 Å². The molecule has 0 spiro atoms. The Morgan fingerprint density at radius 3 is 2.60 bits per heavy atom. The SMILES string of the molecule is CCCC(=O)c1ccn(CCc2ccc(OC)cc2)c1. The molecule has 106 valence electrons. The molecule has 0 N–H and O–H groups in total. The van der Waals surface area contributed by atoms with Gasteiger partial charge in [-0.15, -0.1) is 0 Å². The van der Waals surface area contributed by atoms with Crippen molar-refractivity contribution in [2.45, 2.75) is 32.7 Å². The maximum Gasteiger partial charge on any atom is 0.164 e. The zero-order chi connectivity index (χ0) is 14.4. The Morgan fingerprint density at radius 1 is 1.20 bits per heavy atom. The van der Waals surface area contributed by atoms with Crippen molar-refractivity contribution in [3.63, 3.8) is 0 Å². The molecular weight excluding hydrogens is 250 g/mol. The number of methoxy groups -OCH3 is 1. The molecule has 1 heterocycles. The van der Waals surface area contributed by atoms with Crippen LogP contribution in [0.5, 0.6) is 5.75 Å². The molecule has 20 heavy (non-hydrogen) atoms. The first-order valence-electron chi connectivity index (χ1n) is 7.05. The number of Topliss-reactive ketones (excluding diaryl/α,β-unsaturated/α-hetero) is 1. The highest BCUT2D eigenvalue weighted by molar-refractivity contribution is 5.95. The highest BCUT2D eigenvalue weighted by atomic mass is 16.5. The Kier molecular flexibility index (Phi) is 4.99. The Balaban J connectivity index is 1.91. The Bertz CT molecular complexity index is 555. The van der Waals surface area contributed by atoms with Crippen LogP contribution >= 0.6 is 0 Å². The molecule has 0 radical (unpaired) electrons. The second-order valence-electron chi connectivity index (χ2n) is 4.91. The van der Waals surface area contributed by atoms with Crippen LogP contribution in [0.4, 0.5) is 0 Å². The number of ketones is 1. The topological polar surface area (TPSA) is 31.2 Å². The van der Waals surface area contributed by atoms with Crippen LogP contribution in [0.2, 0.25) is 0 Å². The summed E-state index contributed by atoms with van der Waals surface area (Å²) in [5.41, 5.74) is 2.09. The second kappa shape index (κ2) is 6.94. The molecule has 3 nitrogen and oxygen atoms in total. The van der Waals surface area contributed by atoms with Gasteiger partial charge in [0.05, 0.1) is 7.11 Å². The van der Waals surface area contributed by atoms with Gasteiger partial charge in [0.25, 0.3) is 0 Å². The zero-order valence-electron chi connectivity index (χ0n) is 12.1. The number of carbonyl (C=O) groups excluding carboxylic acids is 1. The van der Waals surface area contributed by atoms with Crippen LogP contribution in [0, 0.1) is 0 Å². The minimum atomic E-state index is 0.232. The van der Waals surface area contributed by atoms with E-state index in [1.165, 1.54) is 5.56 Å². The molecule has 0 bridgehead atoms. The number of ether oxygens (including phenoxy) is 1. The van der Waals surface area contributed by atoms with Crippen LogP contribution in [0.15, 0.2) is 42.7 Å². The Hall–Kier alpha value is -2.03. The van der Waals surface area contributed by atoms with E-state index in [1.54, 1.807) is 7.11 Å². The van der Waals surface area contributed by atoms with Gasteiger partial charge in [-0.3, -0.25) is 4.79 Å². The maximum absolute atomic E-state index is 11.8. The summed E-state index contributed by atoms with van der Waals surface area (Å²) in [6, 6.07) is 10.0. The predicted molar refractivity (Wildman–Crippen MR) is 80.4 cm³/mol. The summed E-state index contributed by atoms with van der Waals surface area (Å²) >= 11 is 0. The van der Waals surface area contributed by atoms with E-state index in [1.807, 2.05) is 37.5 Å². The van der Waals surface area contributed by atoms with Crippen molar-refractivity contribution < 1.29 is 9.53 Å². The summed E-state index contributed by atoms with van der Waals surface area (Å²) in [6.45, 7) is 2.91. The van der Waals surface area contributed by atoms with E-state index in [9.17, 15) is 4.79 Å².